The van der Waals surface area contributed by atoms with Gasteiger partial charge in [-0.2, -0.15) is 0 Å². The van der Waals surface area contributed by atoms with Crippen LogP contribution >= 0.6 is 0 Å². The summed E-state index contributed by atoms with van der Waals surface area (Å²) in [4.78, 5) is 21.1. The summed E-state index contributed by atoms with van der Waals surface area (Å²) in [5, 5.41) is 8.29. The normalized spacial score (nSPS) is 22.8. The molecule has 1 N–H and O–H groups in total. The Balaban J connectivity index is 2.16. The molecule has 1 atom stereocenters. The molecule has 0 unspecified atom stereocenters. The van der Waals surface area contributed by atoms with Crippen LogP contribution in [-0.4, -0.2) is 42.1 Å². The number of carboxylic acids is 1. The minimum atomic E-state index is -1.18. The minimum absolute atomic E-state index is 0.0961. The molecule has 0 bridgehead atoms. The predicted molar refractivity (Wildman–Crippen MR) is 57.3 cm³/mol. The highest BCUT2D eigenvalue weighted by molar-refractivity contribution is 5.90. The summed E-state index contributed by atoms with van der Waals surface area (Å²) in [7, 11) is 0. The fourth-order valence-corrected chi connectivity index (χ4v) is 1.38. The summed E-state index contributed by atoms with van der Waals surface area (Å²) in [6.07, 6.45) is 2.04. The number of aliphatic carboxylic acids is 1. The SMILES string of the molecule is CC1(C)OC[C@@H](CCOC(=O)/C=C/C(=O)O)O1. The lowest BCUT2D eigenvalue weighted by Gasteiger charge is -2.16. The van der Waals surface area contributed by atoms with Crippen molar-refractivity contribution in [3.05, 3.63) is 12.2 Å². The molecule has 0 amide bonds. The zero-order chi connectivity index (χ0) is 12.9. The average molecular weight is 244 g/mol. The Morgan fingerprint density at radius 2 is 2.18 bits per heavy atom. The first-order valence-electron chi connectivity index (χ1n) is 5.28. The van der Waals surface area contributed by atoms with Crippen molar-refractivity contribution in [3.8, 4) is 0 Å². The highest BCUT2D eigenvalue weighted by atomic mass is 16.7. The van der Waals surface area contributed by atoms with Crippen LogP contribution in [-0.2, 0) is 23.8 Å². The van der Waals surface area contributed by atoms with Gasteiger partial charge in [0.2, 0.25) is 0 Å². The van der Waals surface area contributed by atoms with Gasteiger partial charge in [-0.05, 0) is 13.8 Å². The molecule has 1 aliphatic heterocycles. The van der Waals surface area contributed by atoms with Gasteiger partial charge in [0.1, 0.15) is 0 Å². The fourth-order valence-electron chi connectivity index (χ4n) is 1.38. The maximum Gasteiger partial charge on any atom is 0.331 e. The number of carboxylic acid groups (broad SMARTS) is 1. The number of carbonyl (C=O) groups excluding carboxylic acids is 1. The van der Waals surface area contributed by atoms with E-state index in [1.807, 2.05) is 13.8 Å². The van der Waals surface area contributed by atoms with Crippen molar-refractivity contribution in [3.63, 3.8) is 0 Å². The van der Waals surface area contributed by atoms with Crippen molar-refractivity contribution in [1.82, 2.24) is 0 Å². The van der Waals surface area contributed by atoms with Crippen molar-refractivity contribution >= 4 is 11.9 Å². The molecule has 0 aromatic rings. The summed E-state index contributed by atoms with van der Waals surface area (Å²) >= 11 is 0. The number of hydrogen-bond donors (Lipinski definition) is 1. The first kappa shape index (κ1) is 13.7. The number of ether oxygens (including phenoxy) is 3. The van der Waals surface area contributed by atoms with Crippen LogP contribution in [0, 0.1) is 0 Å². The van der Waals surface area contributed by atoms with Crippen molar-refractivity contribution in [2.45, 2.75) is 32.2 Å². The van der Waals surface area contributed by atoms with E-state index in [0.29, 0.717) is 13.0 Å². The highest BCUT2D eigenvalue weighted by Crippen LogP contribution is 2.23. The summed E-state index contributed by atoms with van der Waals surface area (Å²) < 4.78 is 15.6. The van der Waals surface area contributed by atoms with Gasteiger partial charge in [-0.1, -0.05) is 0 Å². The molecule has 0 aliphatic carbocycles. The molecule has 0 spiro atoms. The van der Waals surface area contributed by atoms with Crippen LogP contribution in [0.25, 0.3) is 0 Å². The van der Waals surface area contributed by atoms with Crippen LogP contribution in [0.4, 0.5) is 0 Å². The molecule has 0 saturated carbocycles. The Hall–Kier alpha value is -1.40. The van der Waals surface area contributed by atoms with Crippen LogP contribution < -0.4 is 0 Å². The number of rotatable bonds is 5. The number of esters is 1. The number of hydrogen-bond acceptors (Lipinski definition) is 5. The maximum absolute atomic E-state index is 11.0. The zero-order valence-corrected chi connectivity index (χ0v) is 9.84. The van der Waals surface area contributed by atoms with E-state index in [-0.39, 0.29) is 12.7 Å². The van der Waals surface area contributed by atoms with Gasteiger partial charge in [0.05, 0.1) is 19.3 Å². The van der Waals surface area contributed by atoms with E-state index in [0.717, 1.165) is 12.2 Å². The Bertz CT molecular complexity index is 320. The molecule has 1 rings (SSSR count). The van der Waals surface area contributed by atoms with E-state index >= 15 is 0 Å². The fraction of sp³-hybridized carbons (Fsp3) is 0.636. The molecule has 6 heteroatoms. The lowest BCUT2D eigenvalue weighted by atomic mass is 10.3. The second-order valence-electron chi connectivity index (χ2n) is 4.08. The molecule has 17 heavy (non-hydrogen) atoms. The van der Waals surface area contributed by atoms with E-state index in [2.05, 4.69) is 0 Å². The van der Waals surface area contributed by atoms with Crippen LogP contribution in [0.1, 0.15) is 20.3 Å². The standard InChI is InChI=1S/C11H16O6/c1-11(2)16-7-8(17-11)5-6-15-10(14)4-3-9(12)13/h3-4,8H,5-7H2,1-2H3,(H,12,13)/b4-3+/t8-/m1/s1. The Morgan fingerprint density at radius 3 is 2.71 bits per heavy atom. The predicted octanol–water partition coefficient (Wildman–Crippen LogP) is 0.712. The molecule has 1 aliphatic rings. The summed E-state index contributed by atoms with van der Waals surface area (Å²) in [5.74, 6) is -2.44. The van der Waals surface area contributed by atoms with Crippen LogP contribution in [0.15, 0.2) is 12.2 Å². The first-order chi connectivity index (χ1) is 7.89. The van der Waals surface area contributed by atoms with Gasteiger partial charge in [-0.25, -0.2) is 9.59 Å². The summed E-state index contributed by atoms with van der Waals surface area (Å²) in [6, 6.07) is 0. The molecule has 1 heterocycles. The lowest BCUT2D eigenvalue weighted by molar-refractivity contribution is -0.145. The topological polar surface area (TPSA) is 82.1 Å². The smallest absolute Gasteiger partial charge is 0.331 e. The molecule has 0 aromatic heterocycles. The average Bonchev–Trinajstić information content (AvgIpc) is 2.55. The molecule has 1 fully saturated rings. The van der Waals surface area contributed by atoms with Crippen molar-refractivity contribution in [2.24, 2.45) is 0 Å². The second-order valence-corrected chi connectivity index (χ2v) is 4.08. The van der Waals surface area contributed by atoms with Gasteiger partial charge in [-0.15, -0.1) is 0 Å². The molecular weight excluding hydrogens is 228 g/mol. The quantitative estimate of drug-likeness (QED) is 0.566. The lowest BCUT2D eigenvalue weighted by Crippen LogP contribution is -2.22. The monoisotopic (exact) mass is 244 g/mol. The Kier molecular flexibility index (Phi) is 4.65. The second kappa shape index (κ2) is 5.79. The third kappa shape index (κ3) is 5.46. The Labute approximate surface area is 99.2 Å². The maximum atomic E-state index is 11.0. The van der Waals surface area contributed by atoms with Gasteiger partial charge in [-0.3, -0.25) is 0 Å². The van der Waals surface area contributed by atoms with E-state index in [1.54, 1.807) is 0 Å². The molecule has 96 valence electrons. The third-order valence-electron chi connectivity index (χ3n) is 2.11. The summed E-state index contributed by atoms with van der Waals surface area (Å²) in [6.45, 7) is 4.27. The van der Waals surface area contributed by atoms with Gasteiger partial charge in [0.15, 0.2) is 5.79 Å². The van der Waals surface area contributed by atoms with Gasteiger partial charge >= 0.3 is 11.9 Å². The van der Waals surface area contributed by atoms with E-state index in [9.17, 15) is 9.59 Å². The zero-order valence-electron chi connectivity index (χ0n) is 9.84. The molecule has 0 radical (unpaired) electrons. The molecule has 0 aromatic carbocycles. The van der Waals surface area contributed by atoms with E-state index in [4.69, 9.17) is 19.3 Å². The van der Waals surface area contributed by atoms with E-state index < -0.39 is 17.7 Å². The highest BCUT2D eigenvalue weighted by Gasteiger charge is 2.32. The van der Waals surface area contributed by atoms with Crippen molar-refractivity contribution in [1.29, 1.82) is 0 Å². The molecule has 6 nitrogen and oxygen atoms in total. The molecule has 1 saturated heterocycles. The summed E-state index contributed by atoms with van der Waals surface area (Å²) in [5.41, 5.74) is 0. The van der Waals surface area contributed by atoms with Gasteiger partial charge in [0, 0.05) is 18.6 Å². The van der Waals surface area contributed by atoms with Crippen LogP contribution in [0.3, 0.4) is 0 Å². The van der Waals surface area contributed by atoms with Crippen LogP contribution in [0.2, 0.25) is 0 Å². The first-order valence-corrected chi connectivity index (χ1v) is 5.28. The number of carbonyl (C=O) groups is 2. The Morgan fingerprint density at radius 1 is 1.47 bits per heavy atom. The van der Waals surface area contributed by atoms with Gasteiger partial charge < -0.3 is 19.3 Å². The van der Waals surface area contributed by atoms with Crippen LogP contribution in [0.5, 0.6) is 0 Å². The van der Waals surface area contributed by atoms with Crippen molar-refractivity contribution in [2.75, 3.05) is 13.2 Å². The minimum Gasteiger partial charge on any atom is -0.478 e. The van der Waals surface area contributed by atoms with Crippen molar-refractivity contribution < 1.29 is 28.9 Å². The largest absolute Gasteiger partial charge is 0.478 e. The third-order valence-corrected chi connectivity index (χ3v) is 2.11. The van der Waals surface area contributed by atoms with Gasteiger partial charge in [0.25, 0.3) is 0 Å². The molecular formula is C11H16O6. The van der Waals surface area contributed by atoms with E-state index in [1.165, 1.54) is 0 Å².